The Balaban J connectivity index is 1.97. The van der Waals surface area contributed by atoms with Crippen LogP contribution in [0, 0.1) is 0 Å². The van der Waals surface area contributed by atoms with E-state index in [-0.39, 0.29) is 17.7 Å². The van der Waals surface area contributed by atoms with Gasteiger partial charge in [-0.2, -0.15) is 18.2 Å². The Bertz CT molecular complexity index is 909. The van der Waals surface area contributed by atoms with Gasteiger partial charge in [0.25, 0.3) is 0 Å². The van der Waals surface area contributed by atoms with Crippen LogP contribution in [0.2, 0.25) is 0 Å². The van der Waals surface area contributed by atoms with Gasteiger partial charge in [0.1, 0.15) is 5.82 Å². The molecule has 0 spiro atoms. The number of halogens is 3. The van der Waals surface area contributed by atoms with Crippen LogP contribution in [0.5, 0.6) is 0 Å². The first-order valence-electron chi connectivity index (χ1n) is 8.46. The molecule has 0 amide bonds. The highest BCUT2D eigenvalue weighted by atomic mass is 19.4. The van der Waals surface area contributed by atoms with E-state index in [1.807, 2.05) is 50.2 Å². The predicted molar refractivity (Wildman–Crippen MR) is 101 cm³/mol. The molecule has 0 bridgehead atoms. The zero-order chi connectivity index (χ0) is 19.4. The molecule has 140 valence electrons. The molecule has 0 aliphatic rings. The third-order valence-corrected chi connectivity index (χ3v) is 3.68. The number of hydrogen-bond acceptors (Lipinski definition) is 4. The number of aromatic nitrogens is 2. The van der Waals surface area contributed by atoms with Gasteiger partial charge < -0.3 is 10.6 Å². The van der Waals surface area contributed by atoms with E-state index >= 15 is 0 Å². The van der Waals surface area contributed by atoms with Gasteiger partial charge in [-0.15, -0.1) is 0 Å². The summed E-state index contributed by atoms with van der Waals surface area (Å²) in [6.07, 6.45) is -4.41. The maximum Gasteiger partial charge on any atom is 0.416 e. The largest absolute Gasteiger partial charge is 0.416 e. The molecule has 0 atom stereocenters. The highest BCUT2D eigenvalue weighted by Crippen LogP contribution is 2.31. The van der Waals surface area contributed by atoms with Crippen LogP contribution in [-0.4, -0.2) is 16.0 Å². The first kappa shape index (κ1) is 18.7. The van der Waals surface area contributed by atoms with Crippen LogP contribution in [0.25, 0.3) is 11.3 Å². The third kappa shape index (κ3) is 4.97. The molecule has 27 heavy (non-hydrogen) atoms. The van der Waals surface area contributed by atoms with Crippen molar-refractivity contribution < 1.29 is 13.2 Å². The van der Waals surface area contributed by atoms with Crippen molar-refractivity contribution in [1.82, 2.24) is 9.97 Å². The minimum absolute atomic E-state index is 0.143. The van der Waals surface area contributed by atoms with Crippen molar-refractivity contribution in [3.05, 3.63) is 66.2 Å². The van der Waals surface area contributed by atoms with Crippen LogP contribution in [0.4, 0.5) is 30.6 Å². The topological polar surface area (TPSA) is 49.8 Å². The molecule has 3 rings (SSSR count). The summed E-state index contributed by atoms with van der Waals surface area (Å²) in [5, 5.41) is 6.08. The second-order valence-corrected chi connectivity index (χ2v) is 6.33. The number of anilines is 3. The number of alkyl halides is 3. The maximum absolute atomic E-state index is 12.9. The molecule has 2 N–H and O–H groups in total. The summed E-state index contributed by atoms with van der Waals surface area (Å²) in [6, 6.07) is 16.4. The van der Waals surface area contributed by atoms with Crippen LogP contribution in [0.1, 0.15) is 19.4 Å². The molecular weight excluding hydrogens is 353 g/mol. The van der Waals surface area contributed by atoms with E-state index in [0.717, 1.165) is 17.7 Å². The summed E-state index contributed by atoms with van der Waals surface area (Å²) in [6.45, 7) is 3.95. The zero-order valence-corrected chi connectivity index (χ0v) is 14.9. The molecule has 0 saturated carbocycles. The standard InChI is InChI=1S/C20H19F3N4/c1-13(2)24-18-12-17(14-7-4-3-5-8-14)26-19(27-18)25-16-10-6-9-15(11-16)20(21,22)23/h3-13H,1-2H3,(H2,24,25,26,27). The lowest BCUT2D eigenvalue weighted by atomic mass is 10.1. The number of hydrogen-bond donors (Lipinski definition) is 2. The van der Waals surface area contributed by atoms with E-state index in [4.69, 9.17) is 0 Å². The number of benzene rings is 2. The molecule has 0 fully saturated rings. The van der Waals surface area contributed by atoms with Gasteiger partial charge in [-0.05, 0) is 32.0 Å². The summed E-state index contributed by atoms with van der Waals surface area (Å²) in [5.41, 5.74) is 1.10. The van der Waals surface area contributed by atoms with Crippen molar-refractivity contribution in [2.75, 3.05) is 10.6 Å². The molecule has 0 aliphatic heterocycles. The van der Waals surface area contributed by atoms with Crippen LogP contribution in [0.3, 0.4) is 0 Å². The summed E-state index contributed by atoms with van der Waals surface area (Å²) in [4.78, 5) is 8.83. The molecule has 2 aromatic carbocycles. The van der Waals surface area contributed by atoms with Crippen molar-refractivity contribution in [1.29, 1.82) is 0 Å². The van der Waals surface area contributed by atoms with Crippen LogP contribution >= 0.6 is 0 Å². The highest BCUT2D eigenvalue weighted by molar-refractivity contribution is 5.66. The summed E-state index contributed by atoms with van der Waals surface area (Å²) in [5.74, 6) is 0.812. The third-order valence-electron chi connectivity index (χ3n) is 3.68. The highest BCUT2D eigenvalue weighted by Gasteiger charge is 2.30. The van der Waals surface area contributed by atoms with E-state index in [1.165, 1.54) is 6.07 Å². The number of nitrogens with zero attached hydrogens (tertiary/aromatic N) is 2. The van der Waals surface area contributed by atoms with Crippen LogP contribution in [0.15, 0.2) is 60.7 Å². The second-order valence-electron chi connectivity index (χ2n) is 6.33. The average Bonchev–Trinajstić information content (AvgIpc) is 2.61. The van der Waals surface area contributed by atoms with E-state index in [2.05, 4.69) is 20.6 Å². The Morgan fingerprint density at radius 3 is 2.30 bits per heavy atom. The van der Waals surface area contributed by atoms with E-state index in [0.29, 0.717) is 11.5 Å². The summed E-state index contributed by atoms with van der Waals surface area (Å²) < 4.78 is 38.8. The fourth-order valence-electron chi connectivity index (χ4n) is 2.53. The molecular formula is C20H19F3N4. The zero-order valence-electron chi connectivity index (χ0n) is 14.9. The summed E-state index contributed by atoms with van der Waals surface area (Å²) >= 11 is 0. The van der Waals surface area contributed by atoms with Gasteiger partial charge >= 0.3 is 6.18 Å². The Morgan fingerprint density at radius 1 is 0.889 bits per heavy atom. The fourth-order valence-corrected chi connectivity index (χ4v) is 2.53. The lowest BCUT2D eigenvalue weighted by Crippen LogP contribution is -2.12. The van der Waals surface area contributed by atoms with Crippen LogP contribution in [-0.2, 0) is 6.18 Å². The van der Waals surface area contributed by atoms with E-state index < -0.39 is 11.7 Å². The first-order valence-corrected chi connectivity index (χ1v) is 8.46. The van der Waals surface area contributed by atoms with E-state index in [1.54, 1.807) is 6.07 Å². The molecule has 4 nitrogen and oxygen atoms in total. The van der Waals surface area contributed by atoms with Gasteiger partial charge in [-0.3, -0.25) is 0 Å². The minimum Gasteiger partial charge on any atom is -0.368 e. The van der Waals surface area contributed by atoms with Gasteiger partial charge in [0, 0.05) is 23.4 Å². The Hall–Kier alpha value is -3.09. The molecule has 1 heterocycles. The van der Waals surface area contributed by atoms with Gasteiger partial charge in [0.15, 0.2) is 0 Å². The first-order chi connectivity index (χ1) is 12.8. The lowest BCUT2D eigenvalue weighted by Gasteiger charge is -2.14. The Labute approximate surface area is 155 Å². The maximum atomic E-state index is 12.9. The molecule has 3 aromatic rings. The quantitative estimate of drug-likeness (QED) is 0.601. The SMILES string of the molecule is CC(C)Nc1cc(-c2ccccc2)nc(Nc2cccc(C(F)(F)F)c2)n1. The van der Waals surface area contributed by atoms with Crippen molar-refractivity contribution in [2.45, 2.75) is 26.1 Å². The lowest BCUT2D eigenvalue weighted by molar-refractivity contribution is -0.137. The number of rotatable bonds is 5. The smallest absolute Gasteiger partial charge is 0.368 e. The average molecular weight is 372 g/mol. The molecule has 0 unspecified atom stereocenters. The molecule has 0 saturated heterocycles. The molecule has 1 aromatic heterocycles. The van der Waals surface area contributed by atoms with Crippen molar-refractivity contribution >= 4 is 17.5 Å². The molecule has 7 heteroatoms. The second kappa shape index (κ2) is 7.65. The Kier molecular flexibility index (Phi) is 5.30. The minimum atomic E-state index is -4.41. The molecule has 0 radical (unpaired) electrons. The van der Waals surface area contributed by atoms with Gasteiger partial charge in [0.05, 0.1) is 11.3 Å². The monoisotopic (exact) mass is 372 g/mol. The molecule has 0 aliphatic carbocycles. The van der Waals surface area contributed by atoms with Gasteiger partial charge in [0.2, 0.25) is 5.95 Å². The van der Waals surface area contributed by atoms with Crippen LogP contribution < -0.4 is 10.6 Å². The van der Waals surface area contributed by atoms with Crippen molar-refractivity contribution in [2.24, 2.45) is 0 Å². The normalized spacial score (nSPS) is 11.5. The van der Waals surface area contributed by atoms with Crippen molar-refractivity contribution in [3.8, 4) is 11.3 Å². The number of nitrogens with one attached hydrogen (secondary N) is 2. The van der Waals surface area contributed by atoms with E-state index in [9.17, 15) is 13.2 Å². The van der Waals surface area contributed by atoms with Crippen molar-refractivity contribution in [3.63, 3.8) is 0 Å². The summed E-state index contributed by atoms with van der Waals surface area (Å²) in [7, 11) is 0. The predicted octanol–water partition coefficient (Wildman–Crippen LogP) is 5.73. The van der Waals surface area contributed by atoms with Gasteiger partial charge in [-0.1, -0.05) is 36.4 Å². The van der Waals surface area contributed by atoms with Gasteiger partial charge in [-0.25, -0.2) is 4.98 Å². The Morgan fingerprint density at radius 2 is 1.63 bits per heavy atom. The fraction of sp³-hybridized carbons (Fsp3) is 0.200.